The van der Waals surface area contributed by atoms with Gasteiger partial charge in [-0.25, -0.2) is 8.42 Å². The second kappa shape index (κ2) is 4.45. The molecular formula is C18H16N2O2S. The fourth-order valence-electron chi connectivity index (χ4n) is 4.18. The molecule has 23 heavy (non-hydrogen) atoms. The van der Waals surface area contributed by atoms with E-state index in [1.165, 1.54) is 11.1 Å². The first-order chi connectivity index (χ1) is 11.1. The molecule has 2 aromatic carbocycles. The maximum Gasteiger partial charge on any atom is 0.263 e. The minimum atomic E-state index is -3.43. The summed E-state index contributed by atoms with van der Waals surface area (Å²) >= 11 is 0. The van der Waals surface area contributed by atoms with Crippen LogP contribution in [-0.2, 0) is 16.4 Å². The van der Waals surface area contributed by atoms with Crippen LogP contribution < -0.4 is 4.72 Å². The Morgan fingerprint density at radius 1 is 1.09 bits per heavy atom. The minimum absolute atomic E-state index is 0.333. The summed E-state index contributed by atoms with van der Waals surface area (Å²) in [5.74, 6) is 2.35. The highest BCUT2D eigenvalue weighted by Gasteiger charge is 2.55. The summed E-state index contributed by atoms with van der Waals surface area (Å²) in [6, 6.07) is 15.7. The zero-order valence-electron chi connectivity index (χ0n) is 12.4. The Labute approximate surface area is 135 Å². The van der Waals surface area contributed by atoms with E-state index in [2.05, 4.69) is 34.0 Å². The number of nitrogens with zero attached hydrogens (tertiary/aromatic N) is 1. The van der Waals surface area contributed by atoms with Gasteiger partial charge in [0.15, 0.2) is 0 Å². The van der Waals surface area contributed by atoms with E-state index >= 15 is 0 Å². The number of benzene rings is 2. The molecule has 1 fully saturated rings. The first-order valence-electron chi connectivity index (χ1n) is 7.89. The molecule has 3 atom stereocenters. The quantitative estimate of drug-likeness (QED) is 0.921. The van der Waals surface area contributed by atoms with Gasteiger partial charge in [-0.15, -0.1) is 0 Å². The Balaban J connectivity index is 1.40. The third-order valence-electron chi connectivity index (χ3n) is 5.32. The van der Waals surface area contributed by atoms with Crippen molar-refractivity contribution in [2.75, 3.05) is 6.54 Å². The van der Waals surface area contributed by atoms with Crippen LogP contribution in [0.3, 0.4) is 0 Å². The maximum atomic E-state index is 12.1. The van der Waals surface area contributed by atoms with E-state index in [9.17, 15) is 8.42 Å². The van der Waals surface area contributed by atoms with E-state index in [-0.39, 0.29) is 0 Å². The maximum absolute atomic E-state index is 12.1. The first kappa shape index (κ1) is 13.3. The topological polar surface area (TPSA) is 58.5 Å². The average molecular weight is 324 g/mol. The Bertz CT molecular complexity index is 949. The van der Waals surface area contributed by atoms with Gasteiger partial charge in [0.2, 0.25) is 0 Å². The third-order valence-corrected chi connectivity index (χ3v) is 6.72. The summed E-state index contributed by atoms with van der Waals surface area (Å²) in [4.78, 5) is 4.94. The van der Waals surface area contributed by atoms with Crippen molar-refractivity contribution in [3.05, 3.63) is 65.2 Å². The predicted octanol–water partition coefficient (Wildman–Crippen LogP) is 2.31. The van der Waals surface area contributed by atoms with E-state index < -0.39 is 10.0 Å². The number of rotatable bonds is 2. The van der Waals surface area contributed by atoms with E-state index in [0.717, 1.165) is 6.42 Å². The number of aliphatic imine (C=N–C) groups is 1. The van der Waals surface area contributed by atoms with Crippen LogP contribution in [0.25, 0.3) is 0 Å². The number of sulfonamides is 1. The molecule has 2 aliphatic carbocycles. The van der Waals surface area contributed by atoms with Crippen molar-refractivity contribution in [3.63, 3.8) is 0 Å². The second-order valence-electron chi connectivity index (χ2n) is 6.55. The number of nitrogens with one attached hydrogen (secondary N) is 1. The van der Waals surface area contributed by atoms with E-state index in [1.54, 1.807) is 12.1 Å². The Morgan fingerprint density at radius 3 is 2.78 bits per heavy atom. The van der Waals surface area contributed by atoms with Crippen molar-refractivity contribution < 1.29 is 8.42 Å². The van der Waals surface area contributed by atoms with E-state index in [1.807, 2.05) is 12.1 Å². The molecule has 3 aliphatic rings. The fourth-order valence-corrected chi connectivity index (χ4v) is 5.43. The van der Waals surface area contributed by atoms with Gasteiger partial charge in [-0.3, -0.25) is 9.71 Å². The molecule has 0 radical (unpaired) electrons. The average Bonchev–Trinajstić information content (AvgIpc) is 2.97. The van der Waals surface area contributed by atoms with Crippen LogP contribution >= 0.6 is 0 Å². The summed E-state index contributed by atoms with van der Waals surface area (Å²) in [5.41, 5.74) is 3.63. The second-order valence-corrected chi connectivity index (χ2v) is 8.20. The van der Waals surface area contributed by atoms with E-state index in [4.69, 9.17) is 0 Å². The van der Waals surface area contributed by atoms with Crippen LogP contribution in [0, 0.1) is 11.8 Å². The largest absolute Gasteiger partial charge is 0.267 e. The molecule has 1 saturated carbocycles. The molecule has 0 bridgehead atoms. The van der Waals surface area contributed by atoms with Crippen LogP contribution in [0.5, 0.6) is 0 Å². The van der Waals surface area contributed by atoms with Crippen LogP contribution in [0.4, 0.5) is 0 Å². The highest BCUT2D eigenvalue weighted by Crippen LogP contribution is 2.61. The number of hydrogen-bond acceptors (Lipinski definition) is 3. The van der Waals surface area contributed by atoms with Gasteiger partial charge >= 0.3 is 0 Å². The van der Waals surface area contributed by atoms with Crippen LogP contribution in [0.1, 0.15) is 22.6 Å². The highest BCUT2D eigenvalue weighted by atomic mass is 32.2. The Morgan fingerprint density at radius 2 is 1.87 bits per heavy atom. The lowest BCUT2D eigenvalue weighted by Crippen LogP contribution is -2.22. The number of amidine groups is 1. The standard InChI is InChI=1S/C18H16N2O2S/c21-23(22)16-8-4-3-7-13(16)18(20-23)19-10-15-14-9-11-5-1-2-6-12(11)17(14)15/h1-8,14-15,17H,9-10H2,(H,19,20). The molecule has 3 unspecified atom stereocenters. The summed E-state index contributed by atoms with van der Waals surface area (Å²) in [7, 11) is -3.43. The SMILES string of the molecule is O=S1(=O)NC(=NCC2C3Cc4ccccc4C23)c2ccccc21. The lowest BCUT2D eigenvalue weighted by Gasteiger charge is -2.06. The van der Waals surface area contributed by atoms with Crippen molar-refractivity contribution in [1.82, 2.24) is 4.72 Å². The van der Waals surface area contributed by atoms with Crippen molar-refractivity contribution >= 4 is 15.9 Å². The molecule has 1 heterocycles. The van der Waals surface area contributed by atoms with Crippen molar-refractivity contribution in [2.24, 2.45) is 16.8 Å². The molecule has 2 aromatic rings. The molecule has 0 spiro atoms. The van der Waals surface area contributed by atoms with Crippen molar-refractivity contribution in [3.8, 4) is 0 Å². The van der Waals surface area contributed by atoms with Crippen molar-refractivity contribution in [2.45, 2.75) is 17.2 Å². The van der Waals surface area contributed by atoms with Gasteiger partial charge in [-0.1, -0.05) is 36.4 Å². The minimum Gasteiger partial charge on any atom is -0.267 e. The zero-order chi connectivity index (χ0) is 15.6. The summed E-state index contributed by atoms with van der Waals surface area (Å²) in [5, 5.41) is 0. The normalized spacial score (nSPS) is 30.4. The van der Waals surface area contributed by atoms with Crippen molar-refractivity contribution in [1.29, 1.82) is 0 Å². The summed E-state index contributed by atoms with van der Waals surface area (Å²) in [6.07, 6.45) is 1.14. The van der Waals surface area contributed by atoms with Gasteiger partial charge in [-0.2, -0.15) is 0 Å². The molecular weight excluding hydrogens is 308 g/mol. The molecule has 0 amide bonds. The van der Waals surface area contributed by atoms with Crippen LogP contribution in [0.15, 0.2) is 58.4 Å². The molecule has 0 saturated heterocycles. The third kappa shape index (κ3) is 1.89. The highest BCUT2D eigenvalue weighted by molar-refractivity contribution is 7.90. The van der Waals surface area contributed by atoms with Crippen LogP contribution in [0.2, 0.25) is 0 Å². The van der Waals surface area contributed by atoms with E-state index in [0.29, 0.717) is 40.6 Å². The Hall–Kier alpha value is -2.14. The fraction of sp³-hybridized carbons (Fsp3) is 0.278. The monoisotopic (exact) mass is 324 g/mol. The summed E-state index contributed by atoms with van der Waals surface area (Å²) in [6.45, 7) is 0.690. The molecule has 1 N–H and O–H groups in total. The number of hydrogen-bond donors (Lipinski definition) is 1. The predicted molar refractivity (Wildman–Crippen MR) is 88.0 cm³/mol. The lowest BCUT2D eigenvalue weighted by atomic mass is 10.0. The zero-order valence-corrected chi connectivity index (χ0v) is 13.3. The molecule has 4 nitrogen and oxygen atoms in total. The summed E-state index contributed by atoms with van der Waals surface area (Å²) < 4.78 is 26.8. The molecule has 5 heteroatoms. The Kier molecular flexibility index (Phi) is 2.57. The molecule has 1 aliphatic heterocycles. The molecule has 0 aromatic heterocycles. The van der Waals surface area contributed by atoms with Gasteiger partial charge in [-0.05, 0) is 47.4 Å². The van der Waals surface area contributed by atoms with Gasteiger partial charge in [0.25, 0.3) is 10.0 Å². The molecule has 116 valence electrons. The van der Waals surface area contributed by atoms with Gasteiger partial charge in [0, 0.05) is 12.1 Å². The van der Waals surface area contributed by atoms with Gasteiger partial charge in [0.1, 0.15) is 5.84 Å². The van der Waals surface area contributed by atoms with Crippen LogP contribution in [-0.4, -0.2) is 20.8 Å². The lowest BCUT2D eigenvalue weighted by molar-refractivity contribution is 0.595. The molecule has 5 rings (SSSR count). The number of fused-ring (bicyclic) bond motifs is 4. The smallest absolute Gasteiger partial charge is 0.263 e. The first-order valence-corrected chi connectivity index (χ1v) is 9.38. The van der Waals surface area contributed by atoms with Gasteiger partial charge < -0.3 is 0 Å². The van der Waals surface area contributed by atoms with Gasteiger partial charge in [0.05, 0.1) is 4.90 Å².